The lowest BCUT2D eigenvalue weighted by Gasteiger charge is -2.08. The first-order valence-corrected chi connectivity index (χ1v) is 9.04. The number of pyridine rings is 2. The number of fused-ring (bicyclic) bond motifs is 1. The molecular weight excluding hydrogens is 350 g/mol. The number of H-pyrrole nitrogens is 1. The van der Waals surface area contributed by atoms with E-state index in [1.54, 1.807) is 18.6 Å². The van der Waals surface area contributed by atoms with Crippen LogP contribution >= 0.6 is 0 Å². The van der Waals surface area contributed by atoms with Crippen LogP contribution in [0.1, 0.15) is 11.3 Å². The molecule has 0 bridgehead atoms. The van der Waals surface area contributed by atoms with Crippen molar-refractivity contribution >= 4 is 11.7 Å². The lowest BCUT2D eigenvalue weighted by Crippen LogP contribution is -2.04. The summed E-state index contributed by atoms with van der Waals surface area (Å²) < 4.78 is 0. The van der Waals surface area contributed by atoms with Gasteiger partial charge in [0.15, 0.2) is 0 Å². The van der Waals surface area contributed by atoms with Gasteiger partial charge in [0.2, 0.25) is 5.91 Å². The number of anilines is 1. The van der Waals surface area contributed by atoms with Crippen molar-refractivity contribution in [2.45, 2.75) is 13.3 Å². The van der Waals surface area contributed by atoms with Crippen LogP contribution < -0.4 is 5.32 Å². The third kappa shape index (κ3) is 2.75. The van der Waals surface area contributed by atoms with E-state index in [0.717, 1.165) is 44.8 Å². The normalized spacial score (nSPS) is 12.7. The number of amides is 1. The Morgan fingerprint density at radius 1 is 0.929 bits per heavy atom. The van der Waals surface area contributed by atoms with Gasteiger partial charge in [-0.15, -0.1) is 0 Å². The molecule has 1 aromatic carbocycles. The summed E-state index contributed by atoms with van der Waals surface area (Å²) in [7, 11) is 0. The summed E-state index contributed by atoms with van der Waals surface area (Å²) in [5.74, 6) is 0.662. The van der Waals surface area contributed by atoms with E-state index in [4.69, 9.17) is 0 Å². The Morgan fingerprint density at radius 2 is 1.68 bits per heavy atom. The van der Waals surface area contributed by atoms with Crippen LogP contribution in [-0.4, -0.2) is 26.1 Å². The van der Waals surface area contributed by atoms with Gasteiger partial charge in [0.05, 0.1) is 6.42 Å². The molecule has 5 rings (SSSR count). The van der Waals surface area contributed by atoms with Crippen LogP contribution in [0, 0.1) is 6.92 Å². The number of benzene rings is 1. The Bertz CT molecular complexity index is 1180. The van der Waals surface area contributed by atoms with Gasteiger partial charge < -0.3 is 5.32 Å². The minimum atomic E-state index is -0.00549. The van der Waals surface area contributed by atoms with E-state index in [1.165, 1.54) is 0 Å². The summed E-state index contributed by atoms with van der Waals surface area (Å²) in [5, 5.41) is 10.3. The zero-order chi connectivity index (χ0) is 19.1. The average Bonchev–Trinajstić information content (AvgIpc) is 3.29. The number of carbonyl (C=O) groups excluding carboxylic acids is 1. The minimum Gasteiger partial charge on any atom is -0.310 e. The van der Waals surface area contributed by atoms with E-state index in [9.17, 15) is 4.79 Å². The molecule has 6 nitrogen and oxygen atoms in total. The summed E-state index contributed by atoms with van der Waals surface area (Å²) >= 11 is 0. The predicted molar refractivity (Wildman–Crippen MR) is 108 cm³/mol. The second-order valence-electron chi connectivity index (χ2n) is 6.84. The highest BCUT2D eigenvalue weighted by Crippen LogP contribution is 2.34. The molecule has 0 unspecified atom stereocenters. The van der Waals surface area contributed by atoms with E-state index in [0.29, 0.717) is 12.2 Å². The zero-order valence-corrected chi connectivity index (χ0v) is 15.2. The highest BCUT2D eigenvalue weighted by atomic mass is 16.1. The lowest BCUT2D eigenvalue weighted by molar-refractivity contribution is -0.115. The average molecular weight is 367 g/mol. The van der Waals surface area contributed by atoms with Crippen molar-refractivity contribution in [2.75, 3.05) is 5.32 Å². The maximum absolute atomic E-state index is 11.5. The van der Waals surface area contributed by atoms with E-state index in [-0.39, 0.29) is 5.91 Å². The van der Waals surface area contributed by atoms with Crippen molar-refractivity contribution in [3.05, 3.63) is 72.3 Å². The Kier molecular flexibility index (Phi) is 3.76. The molecular formula is C22H17N5O. The van der Waals surface area contributed by atoms with Crippen LogP contribution in [0.5, 0.6) is 0 Å². The number of rotatable bonds is 3. The number of aromatic amines is 1. The number of hydrogen-bond donors (Lipinski definition) is 2. The second-order valence-corrected chi connectivity index (χ2v) is 6.84. The van der Waals surface area contributed by atoms with Crippen molar-refractivity contribution in [1.29, 1.82) is 0 Å². The molecule has 0 radical (unpaired) electrons. The second kappa shape index (κ2) is 6.42. The lowest BCUT2D eigenvalue weighted by atomic mass is 9.97. The van der Waals surface area contributed by atoms with Gasteiger partial charge in [-0.3, -0.25) is 14.9 Å². The minimum absolute atomic E-state index is 0.00549. The van der Waals surface area contributed by atoms with Crippen LogP contribution in [0.15, 0.2) is 61.1 Å². The van der Waals surface area contributed by atoms with Crippen LogP contribution in [0.2, 0.25) is 0 Å². The summed E-state index contributed by atoms with van der Waals surface area (Å²) in [6, 6.07) is 14.3. The van der Waals surface area contributed by atoms with E-state index >= 15 is 0 Å². The van der Waals surface area contributed by atoms with Gasteiger partial charge in [0, 0.05) is 46.5 Å². The van der Waals surface area contributed by atoms with Gasteiger partial charge in [-0.25, -0.2) is 4.98 Å². The largest absolute Gasteiger partial charge is 0.310 e. The molecule has 28 heavy (non-hydrogen) atoms. The molecule has 0 fully saturated rings. The van der Waals surface area contributed by atoms with Crippen molar-refractivity contribution in [2.24, 2.45) is 0 Å². The Morgan fingerprint density at radius 3 is 2.46 bits per heavy atom. The standard InChI is InChI=1S/C22H17N5O/c1-13-20(21(27-26-13)16-6-8-23-9-7-16)15-4-2-14(3-5-15)18-10-17-11-19(28)25-22(17)24-12-18/h2-10,12H,11H2,1H3,(H,26,27)(H,24,25,28). The molecule has 0 aliphatic carbocycles. The number of aromatic nitrogens is 4. The monoisotopic (exact) mass is 367 g/mol. The molecule has 1 aliphatic rings. The van der Waals surface area contributed by atoms with Crippen LogP contribution in [0.25, 0.3) is 33.5 Å². The summed E-state index contributed by atoms with van der Waals surface area (Å²) in [6.45, 7) is 2.02. The van der Waals surface area contributed by atoms with Crippen molar-refractivity contribution in [1.82, 2.24) is 20.2 Å². The van der Waals surface area contributed by atoms with Gasteiger partial charge in [-0.05, 0) is 36.2 Å². The molecule has 0 saturated carbocycles. The SMILES string of the molecule is Cc1[nH]nc(-c2ccncc2)c1-c1ccc(-c2cnc3c(c2)CC(=O)N3)cc1. The molecule has 4 aromatic rings. The number of nitrogens with one attached hydrogen (secondary N) is 2. The first-order chi connectivity index (χ1) is 13.7. The van der Waals surface area contributed by atoms with Crippen LogP contribution in [-0.2, 0) is 11.2 Å². The molecule has 1 amide bonds. The molecule has 6 heteroatoms. The molecule has 0 spiro atoms. The maximum Gasteiger partial charge on any atom is 0.230 e. The highest BCUT2D eigenvalue weighted by molar-refractivity contribution is 5.98. The third-order valence-electron chi connectivity index (χ3n) is 4.98. The molecule has 2 N–H and O–H groups in total. The maximum atomic E-state index is 11.5. The molecule has 1 aliphatic heterocycles. The smallest absolute Gasteiger partial charge is 0.230 e. The number of hydrogen-bond acceptors (Lipinski definition) is 4. The van der Waals surface area contributed by atoms with E-state index < -0.39 is 0 Å². The Labute approximate surface area is 161 Å². The molecule has 0 atom stereocenters. The highest BCUT2D eigenvalue weighted by Gasteiger charge is 2.19. The van der Waals surface area contributed by atoms with Crippen molar-refractivity contribution in [3.8, 4) is 33.5 Å². The van der Waals surface area contributed by atoms with Crippen LogP contribution in [0.4, 0.5) is 5.82 Å². The molecule has 4 heterocycles. The summed E-state index contributed by atoms with van der Waals surface area (Å²) in [4.78, 5) is 20.0. The quantitative estimate of drug-likeness (QED) is 0.573. The Hall–Kier alpha value is -3.80. The van der Waals surface area contributed by atoms with Crippen molar-refractivity contribution in [3.63, 3.8) is 0 Å². The third-order valence-corrected chi connectivity index (χ3v) is 4.98. The number of aryl methyl sites for hydroxylation is 1. The van der Waals surface area contributed by atoms with Crippen LogP contribution in [0.3, 0.4) is 0 Å². The topological polar surface area (TPSA) is 83.6 Å². The van der Waals surface area contributed by atoms with Gasteiger partial charge >= 0.3 is 0 Å². The van der Waals surface area contributed by atoms with Gasteiger partial charge in [-0.2, -0.15) is 5.10 Å². The van der Waals surface area contributed by atoms with Gasteiger partial charge in [-0.1, -0.05) is 24.3 Å². The predicted octanol–water partition coefficient (Wildman–Crippen LogP) is 4.00. The molecule has 3 aromatic heterocycles. The van der Waals surface area contributed by atoms with E-state index in [1.807, 2.05) is 25.1 Å². The van der Waals surface area contributed by atoms with E-state index in [2.05, 4.69) is 49.7 Å². The Balaban J connectivity index is 1.51. The summed E-state index contributed by atoms with van der Waals surface area (Å²) in [5.41, 5.74) is 8.13. The van der Waals surface area contributed by atoms with Gasteiger partial charge in [0.25, 0.3) is 0 Å². The summed E-state index contributed by atoms with van der Waals surface area (Å²) in [6.07, 6.45) is 5.72. The zero-order valence-electron chi connectivity index (χ0n) is 15.2. The fourth-order valence-electron chi connectivity index (χ4n) is 3.60. The van der Waals surface area contributed by atoms with Crippen molar-refractivity contribution < 1.29 is 4.79 Å². The number of carbonyl (C=O) groups is 1. The fraction of sp³-hybridized carbons (Fsp3) is 0.0909. The molecule has 0 saturated heterocycles. The first-order valence-electron chi connectivity index (χ1n) is 9.04. The molecule has 136 valence electrons. The van der Waals surface area contributed by atoms with Gasteiger partial charge in [0.1, 0.15) is 11.5 Å². The first kappa shape index (κ1) is 16.4. The number of nitrogens with zero attached hydrogens (tertiary/aromatic N) is 3. The fourth-order valence-corrected chi connectivity index (χ4v) is 3.60.